The van der Waals surface area contributed by atoms with Crippen LogP contribution in [0.5, 0.6) is 5.75 Å². The Kier molecular flexibility index (Phi) is 5.55. The molecule has 0 aromatic heterocycles. The molecule has 2 aromatic rings. The Balaban J connectivity index is 1.36. The number of urea groups is 1. The topological polar surface area (TPSA) is 73.9 Å². The van der Waals surface area contributed by atoms with Gasteiger partial charge in [0.2, 0.25) is 0 Å². The van der Waals surface area contributed by atoms with Gasteiger partial charge >= 0.3 is 6.03 Å². The third kappa shape index (κ3) is 4.62. The van der Waals surface area contributed by atoms with Gasteiger partial charge in [0, 0.05) is 43.5 Å². The molecular weight excluding hydrogens is 368 g/mol. The molecule has 29 heavy (non-hydrogen) atoms. The molecule has 2 aliphatic rings. The molecule has 1 saturated carbocycles. The van der Waals surface area contributed by atoms with Crippen molar-refractivity contribution in [3.05, 3.63) is 54.1 Å². The number of rotatable bonds is 5. The summed E-state index contributed by atoms with van der Waals surface area (Å²) in [5.74, 6) is 0.825. The largest absolute Gasteiger partial charge is 0.495 e. The van der Waals surface area contributed by atoms with Gasteiger partial charge in [-0.3, -0.25) is 4.79 Å². The quantitative estimate of drug-likeness (QED) is 0.818. The van der Waals surface area contributed by atoms with Crippen LogP contribution in [0, 0.1) is 0 Å². The summed E-state index contributed by atoms with van der Waals surface area (Å²) in [5.41, 5.74) is 2.26. The van der Waals surface area contributed by atoms with Crippen molar-refractivity contribution >= 4 is 23.3 Å². The maximum Gasteiger partial charge on any atom is 0.319 e. The molecule has 3 amide bonds. The van der Waals surface area contributed by atoms with Crippen LogP contribution in [0.1, 0.15) is 23.2 Å². The minimum Gasteiger partial charge on any atom is -0.495 e. The van der Waals surface area contributed by atoms with E-state index in [2.05, 4.69) is 15.5 Å². The molecule has 0 radical (unpaired) electrons. The van der Waals surface area contributed by atoms with Gasteiger partial charge in [-0.1, -0.05) is 18.2 Å². The summed E-state index contributed by atoms with van der Waals surface area (Å²) in [6.07, 6.45) is 2.07. The molecule has 0 unspecified atom stereocenters. The number of nitrogens with one attached hydrogen (secondary N) is 2. The van der Waals surface area contributed by atoms with Crippen LogP contribution in [0.3, 0.4) is 0 Å². The van der Waals surface area contributed by atoms with E-state index in [9.17, 15) is 9.59 Å². The molecule has 152 valence electrons. The van der Waals surface area contributed by atoms with Crippen molar-refractivity contribution in [2.45, 2.75) is 18.9 Å². The van der Waals surface area contributed by atoms with Gasteiger partial charge in [-0.05, 0) is 43.2 Å². The zero-order valence-corrected chi connectivity index (χ0v) is 16.6. The van der Waals surface area contributed by atoms with Crippen LogP contribution in [0.15, 0.2) is 48.5 Å². The monoisotopic (exact) mass is 394 g/mol. The van der Waals surface area contributed by atoms with E-state index in [1.165, 1.54) is 0 Å². The molecule has 1 aliphatic carbocycles. The molecule has 1 aliphatic heterocycles. The lowest BCUT2D eigenvalue weighted by Gasteiger charge is -2.36. The highest BCUT2D eigenvalue weighted by Crippen LogP contribution is 2.28. The number of anilines is 2. The average Bonchev–Trinajstić information content (AvgIpc) is 3.57. The van der Waals surface area contributed by atoms with Crippen LogP contribution in [0.2, 0.25) is 0 Å². The van der Waals surface area contributed by atoms with Gasteiger partial charge in [0.1, 0.15) is 5.75 Å². The number of para-hydroxylation sites is 2. The maximum absolute atomic E-state index is 12.9. The Labute approximate surface area is 170 Å². The summed E-state index contributed by atoms with van der Waals surface area (Å²) in [5, 5.41) is 5.69. The summed E-state index contributed by atoms with van der Waals surface area (Å²) in [7, 11) is 1.67. The van der Waals surface area contributed by atoms with Gasteiger partial charge in [0.15, 0.2) is 0 Å². The Hall–Kier alpha value is -3.22. The third-order valence-electron chi connectivity index (χ3n) is 5.27. The summed E-state index contributed by atoms with van der Waals surface area (Å²) >= 11 is 0. The van der Waals surface area contributed by atoms with E-state index in [1.54, 1.807) is 31.4 Å². The van der Waals surface area contributed by atoms with E-state index in [0.717, 1.165) is 37.4 Å². The lowest BCUT2D eigenvalue weighted by molar-refractivity contribution is 0.0746. The summed E-state index contributed by atoms with van der Waals surface area (Å²) in [6.45, 7) is 2.76. The molecule has 1 saturated heterocycles. The van der Waals surface area contributed by atoms with Crippen molar-refractivity contribution in [2.75, 3.05) is 43.5 Å². The predicted molar refractivity (Wildman–Crippen MR) is 113 cm³/mol. The number of ether oxygens (including phenoxy) is 1. The van der Waals surface area contributed by atoms with Gasteiger partial charge in [-0.15, -0.1) is 0 Å². The first-order chi connectivity index (χ1) is 14.1. The molecular formula is C22H26N4O3. The first-order valence-electron chi connectivity index (χ1n) is 9.99. The minimum absolute atomic E-state index is 0.0177. The van der Waals surface area contributed by atoms with Crippen LogP contribution >= 0.6 is 0 Å². The molecule has 1 heterocycles. The second-order valence-electron chi connectivity index (χ2n) is 7.40. The van der Waals surface area contributed by atoms with Crippen LogP contribution in [0.4, 0.5) is 16.2 Å². The lowest BCUT2D eigenvalue weighted by atomic mass is 10.1. The molecule has 7 nitrogen and oxygen atoms in total. The predicted octanol–water partition coefficient (Wildman–Crippen LogP) is 2.94. The summed E-state index contributed by atoms with van der Waals surface area (Å²) in [6, 6.07) is 15.1. The number of piperazine rings is 1. The van der Waals surface area contributed by atoms with Gasteiger partial charge < -0.3 is 25.2 Å². The molecule has 2 N–H and O–H groups in total. The van der Waals surface area contributed by atoms with E-state index in [4.69, 9.17) is 4.74 Å². The standard InChI is InChI=1S/C22H26N4O3/c1-29-20-8-3-2-7-19(20)25-11-13-26(14-12-25)21(27)16-5-4-6-18(15-16)24-22(28)23-17-9-10-17/h2-8,15,17H,9-14H2,1H3,(H2,23,24,28). The highest BCUT2D eigenvalue weighted by molar-refractivity contribution is 5.97. The maximum atomic E-state index is 12.9. The van der Waals surface area contributed by atoms with Crippen molar-refractivity contribution in [3.63, 3.8) is 0 Å². The first kappa shape index (κ1) is 19.1. The smallest absolute Gasteiger partial charge is 0.319 e. The number of methoxy groups -OCH3 is 1. The van der Waals surface area contributed by atoms with Gasteiger partial charge in [0.25, 0.3) is 5.91 Å². The number of carbonyl (C=O) groups excluding carboxylic acids is 2. The van der Waals surface area contributed by atoms with Crippen LogP contribution < -0.4 is 20.3 Å². The minimum atomic E-state index is -0.220. The SMILES string of the molecule is COc1ccccc1N1CCN(C(=O)c2cccc(NC(=O)NC3CC3)c2)CC1. The second kappa shape index (κ2) is 8.43. The first-order valence-corrected chi connectivity index (χ1v) is 9.99. The number of amides is 3. The number of nitrogens with zero attached hydrogens (tertiary/aromatic N) is 2. The molecule has 0 spiro atoms. The van der Waals surface area contributed by atoms with E-state index in [0.29, 0.717) is 30.4 Å². The number of carbonyl (C=O) groups is 2. The van der Waals surface area contributed by atoms with E-state index in [1.807, 2.05) is 29.2 Å². The van der Waals surface area contributed by atoms with E-state index < -0.39 is 0 Å². The molecule has 7 heteroatoms. The fourth-order valence-corrected chi connectivity index (χ4v) is 3.53. The molecule has 2 aromatic carbocycles. The van der Waals surface area contributed by atoms with Crippen molar-refractivity contribution in [3.8, 4) is 5.75 Å². The highest BCUT2D eigenvalue weighted by atomic mass is 16.5. The molecule has 0 atom stereocenters. The molecule has 0 bridgehead atoms. The van der Waals surface area contributed by atoms with E-state index >= 15 is 0 Å². The van der Waals surface area contributed by atoms with Crippen LogP contribution in [-0.4, -0.2) is 56.2 Å². The fraction of sp³-hybridized carbons (Fsp3) is 0.364. The van der Waals surface area contributed by atoms with Gasteiger partial charge in [-0.2, -0.15) is 0 Å². The van der Waals surface area contributed by atoms with Crippen molar-refractivity contribution in [1.29, 1.82) is 0 Å². The number of benzene rings is 2. The van der Waals surface area contributed by atoms with Gasteiger partial charge in [0.05, 0.1) is 12.8 Å². The van der Waals surface area contributed by atoms with Gasteiger partial charge in [-0.25, -0.2) is 4.79 Å². The second-order valence-corrected chi connectivity index (χ2v) is 7.40. The Morgan fingerprint density at radius 1 is 1.00 bits per heavy atom. The number of hydrogen-bond donors (Lipinski definition) is 2. The fourth-order valence-electron chi connectivity index (χ4n) is 3.53. The van der Waals surface area contributed by atoms with Crippen molar-refractivity contribution < 1.29 is 14.3 Å². The van der Waals surface area contributed by atoms with Crippen LogP contribution in [0.25, 0.3) is 0 Å². The van der Waals surface area contributed by atoms with E-state index in [-0.39, 0.29) is 11.9 Å². The summed E-state index contributed by atoms with van der Waals surface area (Å²) in [4.78, 5) is 29.0. The molecule has 4 rings (SSSR count). The zero-order valence-electron chi connectivity index (χ0n) is 16.6. The molecule has 2 fully saturated rings. The normalized spacial score (nSPS) is 16.3. The Morgan fingerprint density at radius 2 is 1.76 bits per heavy atom. The zero-order chi connectivity index (χ0) is 20.2. The lowest BCUT2D eigenvalue weighted by Crippen LogP contribution is -2.48. The van der Waals surface area contributed by atoms with Crippen LogP contribution in [-0.2, 0) is 0 Å². The van der Waals surface area contributed by atoms with Crippen molar-refractivity contribution in [2.24, 2.45) is 0 Å². The summed E-state index contributed by atoms with van der Waals surface area (Å²) < 4.78 is 5.45. The number of hydrogen-bond acceptors (Lipinski definition) is 4. The highest BCUT2D eigenvalue weighted by Gasteiger charge is 2.25. The average molecular weight is 394 g/mol. The third-order valence-corrected chi connectivity index (χ3v) is 5.27. The van der Waals surface area contributed by atoms with Crippen molar-refractivity contribution in [1.82, 2.24) is 10.2 Å². The Bertz CT molecular complexity index is 889. The Morgan fingerprint density at radius 3 is 2.48 bits per heavy atom.